The summed E-state index contributed by atoms with van der Waals surface area (Å²) in [7, 11) is 1.66. The van der Waals surface area contributed by atoms with Crippen LogP contribution in [0.15, 0.2) is 48.5 Å². The number of hydrogen-bond donors (Lipinski definition) is 2. The van der Waals surface area contributed by atoms with Crippen LogP contribution in [0.25, 0.3) is 0 Å². The Bertz CT molecular complexity index is 644. The first-order valence-electron chi connectivity index (χ1n) is 8.03. The van der Waals surface area contributed by atoms with Gasteiger partial charge in [0, 0.05) is 31.1 Å². The van der Waals surface area contributed by atoms with Crippen LogP contribution in [0.4, 0.5) is 0 Å². The van der Waals surface area contributed by atoms with Crippen LogP contribution in [0.1, 0.15) is 17.5 Å². The molecule has 2 aromatic rings. The summed E-state index contributed by atoms with van der Waals surface area (Å²) < 4.78 is 5.30. The van der Waals surface area contributed by atoms with Crippen LogP contribution in [-0.4, -0.2) is 26.1 Å². The molecule has 0 aliphatic rings. The molecule has 0 saturated heterocycles. The molecule has 0 unspecified atom stereocenters. The summed E-state index contributed by atoms with van der Waals surface area (Å²) in [6.45, 7) is 1.98. The highest BCUT2D eigenvalue weighted by Gasteiger charge is 2.04. The van der Waals surface area contributed by atoms with Gasteiger partial charge in [0.2, 0.25) is 5.91 Å². The number of methoxy groups -OCH3 is 1. The quantitative estimate of drug-likeness (QED) is 0.686. The number of carbonyl (C=O) groups excluding carboxylic acids is 1. The fraction of sp³-hybridized carbons (Fsp3) is 0.316. The molecular weight excluding hydrogens is 324 g/mol. The van der Waals surface area contributed by atoms with Crippen molar-refractivity contribution in [1.29, 1.82) is 0 Å². The number of para-hydroxylation sites is 1. The van der Waals surface area contributed by atoms with E-state index in [1.165, 1.54) is 0 Å². The maximum Gasteiger partial charge on any atom is 0.221 e. The lowest BCUT2D eigenvalue weighted by Gasteiger charge is -2.09. The number of carbonyl (C=O) groups is 1. The van der Waals surface area contributed by atoms with Crippen LogP contribution in [0, 0.1) is 0 Å². The van der Waals surface area contributed by atoms with Crippen LogP contribution < -0.4 is 15.4 Å². The van der Waals surface area contributed by atoms with E-state index in [4.69, 9.17) is 16.3 Å². The zero-order valence-electron chi connectivity index (χ0n) is 13.8. The first-order chi connectivity index (χ1) is 11.7. The summed E-state index contributed by atoms with van der Waals surface area (Å²) >= 11 is 5.85. The fourth-order valence-electron chi connectivity index (χ4n) is 2.37. The van der Waals surface area contributed by atoms with E-state index in [0.29, 0.717) is 19.5 Å². The van der Waals surface area contributed by atoms with E-state index in [9.17, 15) is 4.79 Å². The van der Waals surface area contributed by atoms with Gasteiger partial charge in [-0.1, -0.05) is 41.9 Å². The molecule has 0 saturated carbocycles. The van der Waals surface area contributed by atoms with Crippen LogP contribution in [0.5, 0.6) is 5.75 Å². The number of ether oxygens (including phenoxy) is 1. The summed E-state index contributed by atoms with van der Waals surface area (Å²) in [5, 5.41) is 6.92. The second kappa shape index (κ2) is 9.96. The Morgan fingerprint density at radius 2 is 1.83 bits per heavy atom. The summed E-state index contributed by atoms with van der Waals surface area (Å²) in [6.07, 6.45) is 1.22. The van der Waals surface area contributed by atoms with Crippen molar-refractivity contribution in [3.63, 3.8) is 0 Å². The molecule has 128 valence electrons. The molecule has 0 atom stereocenters. The third kappa shape index (κ3) is 6.22. The molecule has 0 heterocycles. The molecular formula is C19H23ClN2O2. The monoisotopic (exact) mass is 346 g/mol. The highest BCUT2D eigenvalue weighted by Crippen LogP contribution is 2.17. The Balaban J connectivity index is 1.60. The SMILES string of the molecule is COc1ccccc1CCNC(=O)CCNCc1ccc(Cl)cc1. The van der Waals surface area contributed by atoms with Gasteiger partial charge in [0.25, 0.3) is 0 Å². The molecule has 0 bridgehead atoms. The Labute approximate surface area is 148 Å². The lowest BCUT2D eigenvalue weighted by molar-refractivity contribution is -0.120. The molecule has 5 heteroatoms. The fourth-order valence-corrected chi connectivity index (χ4v) is 2.50. The third-order valence-electron chi connectivity index (χ3n) is 3.68. The van der Waals surface area contributed by atoms with E-state index in [1.54, 1.807) is 7.11 Å². The molecule has 2 N–H and O–H groups in total. The number of hydrogen-bond acceptors (Lipinski definition) is 3. The highest BCUT2D eigenvalue weighted by atomic mass is 35.5. The Hall–Kier alpha value is -2.04. The van der Waals surface area contributed by atoms with E-state index in [2.05, 4.69) is 10.6 Å². The van der Waals surface area contributed by atoms with Gasteiger partial charge < -0.3 is 15.4 Å². The second-order valence-corrected chi connectivity index (χ2v) is 5.90. The van der Waals surface area contributed by atoms with Crippen LogP contribution in [-0.2, 0) is 17.8 Å². The average Bonchev–Trinajstić information content (AvgIpc) is 2.60. The second-order valence-electron chi connectivity index (χ2n) is 5.47. The van der Waals surface area contributed by atoms with Crippen molar-refractivity contribution in [2.45, 2.75) is 19.4 Å². The minimum atomic E-state index is 0.0495. The van der Waals surface area contributed by atoms with Gasteiger partial charge in [-0.3, -0.25) is 4.79 Å². The van der Waals surface area contributed by atoms with E-state index < -0.39 is 0 Å². The zero-order chi connectivity index (χ0) is 17.2. The smallest absolute Gasteiger partial charge is 0.221 e. The van der Waals surface area contributed by atoms with Crippen molar-refractivity contribution in [2.24, 2.45) is 0 Å². The number of amides is 1. The Kier molecular flexibility index (Phi) is 7.59. The molecule has 24 heavy (non-hydrogen) atoms. The van der Waals surface area contributed by atoms with Crippen LogP contribution in [0.2, 0.25) is 5.02 Å². The van der Waals surface area contributed by atoms with Crippen molar-refractivity contribution < 1.29 is 9.53 Å². The van der Waals surface area contributed by atoms with Gasteiger partial charge in [-0.25, -0.2) is 0 Å². The Morgan fingerprint density at radius 3 is 2.58 bits per heavy atom. The Morgan fingerprint density at radius 1 is 1.08 bits per heavy atom. The molecule has 4 nitrogen and oxygen atoms in total. The summed E-state index contributed by atoms with van der Waals surface area (Å²) in [5.74, 6) is 0.907. The topological polar surface area (TPSA) is 50.4 Å². The normalized spacial score (nSPS) is 10.4. The highest BCUT2D eigenvalue weighted by molar-refractivity contribution is 6.30. The van der Waals surface area contributed by atoms with Gasteiger partial charge >= 0.3 is 0 Å². The summed E-state index contributed by atoms with van der Waals surface area (Å²) in [4.78, 5) is 11.8. The minimum absolute atomic E-state index is 0.0495. The average molecular weight is 347 g/mol. The predicted octanol–water partition coefficient (Wildman–Crippen LogP) is 3.19. The van der Waals surface area contributed by atoms with Gasteiger partial charge in [0.1, 0.15) is 5.75 Å². The standard InChI is InChI=1S/C19H23ClN2O2/c1-24-18-5-3-2-4-16(18)10-13-22-19(23)11-12-21-14-15-6-8-17(20)9-7-15/h2-9,21H,10-14H2,1H3,(H,22,23). The van der Waals surface area contributed by atoms with Crippen LogP contribution in [0.3, 0.4) is 0 Å². The lowest BCUT2D eigenvalue weighted by atomic mass is 10.1. The van der Waals surface area contributed by atoms with Gasteiger partial charge in [-0.2, -0.15) is 0 Å². The molecule has 0 aliphatic heterocycles. The van der Waals surface area contributed by atoms with Gasteiger partial charge in [0.15, 0.2) is 0 Å². The minimum Gasteiger partial charge on any atom is -0.496 e. The van der Waals surface area contributed by atoms with Crippen molar-refractivity contribution >= 4 is 17.5 Å². The van der Waals surface area contributed by atoms with Crippen molar-refractivity contribution in [2.75, 3.05) is 20.2 Å². The largest absolute Gasteiger partial charge is 0.496 e. The third-order valence-corrected chi connectivity index (χ3v) is 3.93. The number of nitrogens with one attached hydrogen (secondary N) is 2. The molecule has 0 spiro atoms. The number of benzene rings is 2. The molecule has 2 aromatic carbocycles. The van der Waals surface area contributed by atoms with E-state index in [0.717, 1.165) is 34.9 Å². The molecule has 0 fully saturated rings. The van der Waals surface area contributed by atoms with Crippen molar-refractivity contribution in [3.8, 4) is 5.75 Å². The summed E-state index contributed by atoms with van der Waals surface area (Å²) in [5.41, 5.74) is 2.25. The number of halogens is 1. The molecule has 2 rings (SSSR count). The molecule has 1 amide bonds. The van der Waals surface area contributed by atoms with E-state index >= 15 is 0 Å². The lowest BCUT2D eigenvalue weighted by Crippen LogP contribution is -2.29. The van der Waals surface area contributed by atoms with E-state index in [1.807, 2.05) is 48.5 Å². The van der Waals surface area contributed by atoms with Crippen molar-refractivity contribution in [3.05, 3.63) is 64.7 Å². The van der Waals surface area contributed by atoms with Gasteiger partial charge in [0.05, 0.1) is 7.11 Å². The first kappa shape index (κ1) is 18.3. The van der Waals surface area contributed by atoms with Gasteiger partial charge in [-0.15, -0.1) is 0 Å². The van der Waals surface area contributed by atoms with E-state index in [-0.39, 0.29) is 5.91 Å². The molecule has 0 radical (unpaired) electrons. The van der Waals surface area contributed by atoms with Crippen LogP contribution >= 0.6 is 11.6 Å². The maximum atomic E-state index is 11.8. The molecule has 0 aromatic heterocycles. The molecule has 0 aliphatic carbocycles. The van der Waals surface area contributed by atoms with Crippen molar-refractivity contribution in [1.82, 2.24) is 10.6 Å². The van der Waals surface area contributed by atoms with Gasteiger partial charge in [-0.05, 0) is 35.7 Å². The summed E-state index contributed by atoms with van der Waals surface area (Å²) in [6, 6.07) is 15.5. The maximum absolute atomic E-state index is 11.8. The predicted molar refractivity (Wildman–Crippen MR) is 97.5 cm³/mol. The zero-order valence-corrected chi connectivity index (χ0v) is 14.6. The number of rotatable bonds is 9. The first-order valence-corrected chi connectivity index (χ1v) is 8.40.